The molecule has 0 heterocycles. The maximum absolute atomic E-state index is 11.9. The summed E-state index contributed by atoms with van der Waals surface area (Å²) in [7, 11) is -7.06. The maximum Gasteiger partial charge on any atom is 0.423 e. The fraction of sp³-hybridized carbons (Fsp3) is 0.789. The Morgan fingerprint density at radius 2 is 1.12 bits per heavy atom. The van der Waals surface area contributed by atoms with Gasteiger partial charge < -0.3 is 9.47 Å². The van der Waals surface area contributed by atoms with Crippen LogP contribution in [0.1, 0.15) is 69.2 Å². The van der Waals surface area contributed by atoms with Crippen molar-refractivity contribution in [3.05, 3.63) is 0 Å². The van der Waals surface area contributed by atoms with Gasteiger partial charge in [0.1, 0.15) is 11.2 Å². The molecule has 0 atom stereocenters. The van der Waals surface area contributed by atoms with Crippen LogP contribution in [0.5, 0.6) is 0 Å². The van der Waals surface area contributed by atoms with Crippen LogP contribution >= 0.6 is 0 Å². The molecular formula is C19H34N4O8S2. The molecule has 2 amide bonds. The van der Waals surface area contributed by atoms with Gasteiger partial charge in [0.25, 0.3) is 20.0 Å². The first kappa shape index (κ1) is 32.6. The fourth-order valence-corrected chi connectivity index (χ4v) is 3.09. The van der Waals surface area contributed by atoms with Crippen LogP contribution in [0.2, 0.25) is 0 Å². The third kappa shape index (κ3) is 10.3. The highest BCUT2D eigenvalue weighted by atomic mass is 32.2. The van der Waals surface area contributed by atoms with Gasteiger partial charge in [0, 0.05) is 7.05 Å². The van der Waals surface area contributed by atoms with Gasteiger partial charge in [0.15, 0.2) is 9.49 Å². The fourth-order valence-electron chi connectivity index (χ4n) is 1.42. The minimum Gasteiger partial charge on any atom is -0.443 e. The predicted molar refractivity (Wildman–Crippen MR) is 121 cm³/mol. The molecule has 0 aromatic heterocycles. The Balaban J connectivity index is 0. The van der Waals surface area contributed by atoms with Crippen molar-refractivity contribution < 1.29 is 35.9 Å². The summed E-state index contributed by atoms with van der Waals surface area (Å²) in [5.41, 5.74) is -1.59. The normalized spacial score (nSPS) is 12.8. The number of hydrogen-bond acceptors (Lipinski definition) is 10. The number of nitrogens with zero attached hydrogens (tertiary/aromatic N) is 3. The second kappa shape index (κ2) is 10.6. The van der Waals surface area contributed by atoms with E-state index in [1.54, 1.807) is 58.4 Å². The number of carbonyl (C=O) groups excluding carboxylic acids is 2. The van der Waals surface area contributed by atoms with Gasteiger partial charge >= 0.3 is 12.2 Å². The summed E-state index contributed by atoms with van der Waals surface area (Å²) < 4.78 is 55.4. The Hall–Kier alpha value is -2.58. The van der Waals surface area contributed by atoms with Gasteiger partial charge in [0.05, 0.1) is 12.1 Å². The number of nitriles is 2. The summed E-state index contributed by atoms with van der Waals surface area (Å²) >= 11 is 0. The van der Waals surface area contributed by atoms with Gasteiger partial charge in [-0.3, -0.25) is 0 Å². The zero-order valence-corrected chi connectivity index (χ0v) is 22.6. The van der Waals surface area contributed by atoms with Crippen molar-refractivity contribution >= 4 is 32.2 Å². The average molecular weight is 511 g/mol. The van der Waals surface area contributed by atoms with Crippen molar-refractivity contribution in [2.75, 3.05) is 7.05 Å². The summed E-state index contributed by atoms with van der Waals surface area (Å²) in [4.78, 5) is 22.8. The lowest BCUT2D eigenvalue weighted by Gasteiger charge is -2.27. The molecule has 0 rings (SSSR count). The monoisotopic (exact) mass is 510 g/mol. The zero-order chi connectivity index (χ0) is 27.3. The number of sulfonamides is 2. The van der Waals surface area contributed by atoms with E-state index < -0.39 is 52.9 Å². The van der Waals surface area contributed by atoms with E-state index in [1.807, 2.05) is 0 Å². The number of carbonyl (C=O) groups is 2. The van der Waals surface area contributed by atoms with Crippen LogP contribution in [0.15, 0.2) is 0 Å². The second-order valence-corrected chi connectivity index (χ2v) is 14.6. The SMILES string of the molecule is CC(C)(C)OC(=O)NS(=O)(=O)C(C)(C)C#N.CN(C(=O)OC(C)(C)C)S(=O)(=O)C(C)(C)C#N. The summed E-state index contributed by atoms with van der Waals surface area (Å²) in [6, 6.07) is 3.23. The molecule has 1 N–H and O–H groups in total. The molecule has 0 aromatic rings. The Morgan fingerprint density at radius 1 is 0.758 bits per heavy atom. The molecule has 0 aromatic carbocycles. The van der Waals surface area contributed by atoms with Crippen molar-refractivity contribution in [1.29, 1.82) is 10.5 Å². The molecule has 33 heavy (non-hydrogen) atoms. The number of amides is 2. The molecule has 14 heteroatoms. The largest absolute Gasteiger partial charge is 0.443 e. The number of nitrogens with one attached hydrogen (secondary N) is 1. The van der Waals surface area contributed by atoms with Gasteiger partial charge in [-0.15, -0.1) is 0 Å². The smallest absolute Gasteiger partial charge is 0.423 e. The molecule has 12 nitrogen and oxygen atoms in total. The average Bonchev–Trinajstić information content (AvgIpc) is 2.57. The van der Waals surface area contributed by atoms with E-state index in [0.717, 1.165) is 7.05 Å². The van der Waals surface area contributed by atoms with Crippen LogP contribution < -0.4 is 4.72 Å². The van der Waals surface area contributed by atoms with Crippen LogP contribution in [-0.2, 0) is 29.5 Å². The van der Waals surface area contributed by atoms with Crippen molar-refractivity contribution in [1.82, 2.24) is 9.03 Å². The standard InChI is InChI=1S/C10H18N2O4S.C9H16N2O4S/c1-9(2,3)16-8(13)12(6)17(14,15)10(4,5)7-11;1-8(2,3)15-7(12)11-16(13,14)9(4,5)6-10/h1-6H3;1-5H3,(H,11,12). The number of rotatable bonds is 4. The molecule has 0 saturated heterocycles. The number of ether oxygens (including phenoxy) is 2. The molecule has 0 aliphatic rings. The molecule has 0 bridgehead atoms. The molecule has 190 valence electrons. The minimum atomic E-state index is -4.07. The van der Waals surface area contributed by atoms with Crippen LogP contribution in [-0.4, -0.2) is 61.1 Å². The van der Waals surface area contributed by atoms with E-state index in [1.165, 1.54) is 27.7 Å². The maximum atomic E-state index is 11.9. The topological polar surface area (TPSA) is 184 Å². The first-order chi connectivity index (χ1) is 14.3. The van der Waals surface area contributed by atoms with Crippen molar-refractivity contribution in [3.63, 3.8) is 0 Å². The van der Waals surface area contributed by atoms with E-state index >= 15 is 0 Å². The third-order valence-corrected chi connectivity index (χ3v) is 7.60. The van der Waals surface area contributed by atoms with Gasteiger partial charge in [0.2, 0.25) is 0 Å². The predicted octanol–water partition coefficient (Wildman–Crippen LogP) is 2.63. The highest BCUT2D eigenvalue weighted by molar-refractivity contribution is 7.91. The van der Waals surface area contributed by atoms with Gasteiger partial charge in [-0.2, -0.15) is 10.5 Å². The first-order valence-electron chi connectivity index (χ1n) is 9.55. The minimum absolute atomic E-state index is 0.460. The van der Waals surface area contributed by atoms with Crippen LogP contribution in [0.3, 0.4) is 0 Å². The summed E-state index contributed by atoms with van der Waals surface area (Å²) in [5.74, 6) is 0. The summed E-state index contributed by atoms with van der Waals surface area (Å²) in [6.07, 6.45) is -2.09. The molecule has 0 aliphatic heterocycles. The van der Waals surface area contributed by atoms with E-state index in [4.69, 9.17) is 20.0 Å². The molecule has 0 unspecified atom stereocenters. The Labute approximate surface area is 196 Å². The highest BCUT2D eigenvalue weighted by Crippen LogP contribution is 2.21. The number of hydrogen-bond donors (Lipinski definition) is 1. The van der Waals surface area contributed by atoms with E-state index in [0.29, 0.717) is 4.31 Å². The van der Waals surface area contributed by atoms with Crippen LogP contribution in [0, 0.1) is 22.7 Å². The highest BCUT2D eigenvalue weighted by Gasteiger charge is 2.41. The van der Waals surface area contributed by atoms with E-state index in [9.17, 15) is 26.4 Å². The van der Waals surface area contributed by atoms with Crippen LogP contribution in [0.25, 0.3) is 0 Å². The lowest BCUT2D eigenvalue weighted by atomic mass is 10.2. The quantitative estimate of drug-likeness (QED) is 0.589. The van der Waals surface area contributed by atoms with E-state index in [2.05, 4.69) is 0 Å². The Kier molecular flexibility index (Phi) is 10.4. The van der Waals surface area contributed by atoms with Crippen molar-refractivity contribution in [2.24, 2.45) is 0 Å². The molecular weight excluding hydrogens is 476 g/mol. The molecule has 0 radical (unpaired) electrons. The van der Waals surface area contributed by atoms with Gasteiger partial charge in [-0.25, -0.2) is 35.5 Å². The molecule has 0 aliphatic carbocycles. The summed E-state index contributed by atoms with van der Waals surface area (Å²) in [6.45, 7) is 14.5. The third-order valence-electron chi connectivity index (χ3n) is 3.48. The lowest BCUT2D eigenvalue weighted by Crippen LogP contribution is -2.46. The van der Waals surface area contributed by atoms with E-state index in [-0.39, 0.29) is 0 Å². The van der Waals surface area contributed by atoms with Gasteiger partial charge in [-0.05, 0) is 69.2 Å². The molecule has 0 spiro atoms. The Bertz CT molecular complexity index is 1020. The summed E-state index contributed by atoms with van der Waals surface area (Å²) in [5, 5.41) is 17.4. The Morgan fingerprint density at radius 3 is 1.42 bits per heavy atom. The second-order valence-electron chi connectivity index (χ2n) is 9.80. The zero-order valence-electron chi connectivity index (χ0n) is 20.9. The molecule has 0 fully saturated rings. The molecule has 0 saturated carbocycles. The van der Waals surface area contributed by atoms with Crippen molar-refractivity contribution in [2.45, 2.75) is 89.9 Å². The van der Waals surface area contributed by atoms with Gasteiger partial charge in [-0.1, -0.05) is 0 Å². The first-order valence-corrected chi connectivity index (χ1v) is 12.5. The lowest BCUT2D eigenvalue weighted by molar-refractivity contribution is 0.0417. The van der Waals surface area contributed by atoms with Crippen LogP contribution in [0.4, 0.5) is 9.59 Å². The van der Waals surface area contributed by atoms with Crippen molar-refractivity contribution in [3.8, 4) is 12.1 Å².